The molecule has 1 aliphatic rings. The van der Waals surface area contributed by atoms with Crippen molar-refractivity contribution in [1.82, 2.24) is 9.55 Å². The van der Waals surface area contributed by atoms with E-state index in [2.05, 4.69) is 4.98 Å². The van der Waals surface area contributed by atoms with Crippen LogP contribution in [0.1, 0.15) is 12.0 Å². The van der Waals surface area contributed by atoms with Gasteiger partial charge in [0.25, 0.3) is 0 Å². The van der Waals surface area contributed by atoms with Gasteiger partial charge >= 0.3 is 0 Å². The number of nitrogens with zero attached hydrogens (tertiary/aromatic N) is 3. The Balaban J connectivity index is 2.01. The van der Waals surface area contributed by atoms with Gasteiger partial charge in [-0.3, -0.25) is 9.36 Å². The van der Waals surface area contributed by atoms with E-state index in [0.717, 1.165) is 18.2 Å². The molecule has 0 unspecified atom stereocenters. The van der Waals surface area contributed by atoms with Crippen molar-refractivity contribution < 1.29 is 13.2 Å². The van der Waals surface area contributed by atoms with Crippen LogP contribution < -0.4 is 16.1 Å². The average Bonchev–Trinajstić information content (AvgIpc) is 3.04. The van der Waals surface area contributed by atoms with Crippen molar-refractivity contribution in [3.63, 3.8) is 0 Å². The van der Waals surface area contributed by atoms with E-state index in [0.29, 0.717) is 25.1 Å². The molecule has 2 aromatic heterocycles. The molecular formula is C19H17F3N4O. The summed E-state index contributed by atoms with van der Waals surface area (Å²) in [5.74, 6) is -2.10. The van der Waals surface area contributed by atoms with E-state index in [-0.39, 0.29) is 34.0 Å². The second kappa shape index (κ2) is 6.38. The topological polar surface area (TPSA) is 64.2 Å². The van der Waals surface area contributed by atoms with Crippen molar-refractivity contribution in [2.45, 2.75) is 19.4 Å². The van der Waals surface area contributed by atoms with E-state index >= 15 is 0 Å². The number of halogens is 3. The fourth-order valence-electron chi connectivity index (χ4n) is 3.41. The lowest BCUT2D eigenvalue weighted by Crippen LogP contribution is -2.28. The fourth-order valence-corrected chi connectivity index (χ4v) is 3.41. The Kier molecular flexibility index (Phi) is 4.15. The Morgan fingerprint density at radius 1 is 1.19 bits per heavy atom. The van der Waals surface area contributed by atoms with Gasteiger partial charge in [0.2, 0.25) is 0 Å². The van der Waals surface area contributed by atoms with Crippen LogP contribution in [0.25, 0.3) is 16.7 Å². The standard InChI is InChI=1S/C19H17F3N4O/c1-10-8-26(16-3-2-11(20)6-14(16)21)18-13(17(10)27)7-15(22)19(24-18)25-5-4-12(23)9-25/h2-3,6-8,12H,4-5,9,23H2,1H3/t12-/m0/s1. The van der Waals surface area contributed by atoms with Crippen molar-refractivity contribution in [2.75, 3.05) is 18.0 Å². The zero-order valence-electron chi connectivity index (χ0n) is 14.5. The Morgan fingerprint density at radius 2 is 1.96 bits per heavy atom. The summed E-state index contributed by atoms with van der Waals surface area (Å²) in [5, 5.41) is 0.0310. The van der Waals surface area contributed by atoms with Crippen molar-refractivity contribution in [1.29, 1.82) is 0 Å². The molecule has 0 radical (unpaired) electrons. The predicted molar refractivity (Wildman–Crippen MR) is 96.8 cm³/mol. The summed E-state index contributed by atoms with van der Waals surface area (Å²) in [4.78, 5) is 18.5. The molecule has 3 aromatic rings. The number of hydrogen-bond donors (Lipinski definition) is 1. The van der Waals surface area contributed by atoms with Crippen molar-refractivity contribution in [3.05, 3.63) is 63.7 Å². The van der Waals surface area contributed by atoms with E-state index in [9.17, 15) is 18.0 Å². The number of hydrogen-bond acceptors (Lipinski definition) is 4. The van der Waals surface area contributed by atoms with Crippen LogP contribution in [-0.2, 0) is 0 Å². The minimum absolute atomic E-state index is 0.0210. The van der Waals surface area contributed by atoms with E-state index < -0.39 is 17.5 Å². The molecule has 1 aromatic carbocycles. The molecule has 0 spiro atoms. The molecule has 1 aliphatic heterocycles. The van der Waals surface area contributed by atoms with Crippen molar-refractivity contribution in [3.8, 4) is 5.69 Å². The summed E-state index contributed by atoms with van der Waals surface area (Å²) in [5.41, 5.74) is 5.92. The third-order valence-corrected chi connectivity index (χ3v) is 4.78. The highest BCUT2D eigenvalue weighted by Gasteiger charge is 2.25. The van der Waals surface area contributed by atoms with Gasteiger partial charge in [-0.2, -0.15) is 0 Å². The highest BCUT2D eigenvalue weighted by atomic mass is 19.1. The van der Waals surface area contributed by atoms with Gasteiger partial charge in [0.05, 0.1) is 11.1 Å². The summed E-state index contributed by atoms with van der Waals surface area (Å²) < 4.78 is 43.7. The normalized spacial score (nSPS) is 17.1. The van der Waals surface area contributed by atoms with E-state index in [1.807, 2.05) is 0 Å². The lowest BCUT2D eigenvalue weighted by molar-refractivity contribution is 0.578. The van der Waals surface area contributed by atoms with Crippen LogP contribution in [0.3, 0.4) is 0 Å². The van der Waals surface area contributed by atoms with Gasteiger partial charge in [-0.15, -0.1) is 0 Å². The van der Waals surface area contributed by atoms with E-state index in [4.69, 9.17) is 5.73 Å². The van der Waals surface area contributed by atoms with Crippen molar-refractivity contribution >= 4 is 16.9 Å². The van der Waals surface area contributed by atoms with Gasteiger partial charge in [-0.25, -0.2) is 18.2 Å². The largest absolute Gasteiger partial charge is 0.353 e. The Labute approximate surface area is 152 Å². The summed E-state index contributed by atoms with van der Waals surface area (Å²) in [6, 6.07) is 4.15. The predicted octanol–water partition coefficient (Wildman–Crippen LogP) is 2.65. The molecule has 3 heterocycles. The summed E-state index contributed by atoms with van der Waals surface area (Å²) >= 11 is 0. The van der Waals surface area contributed by atoms with Gasteiger partial charge in [-0.1, -0.05) is 0 Å². The summed E-state index contributed by atoms with van der Waals surface area (Å²) in [7, 11) is 0. The number of aryl methyl sites for hydroxylation is 1. The average molecular weight is 374 g/mol. The maximum atomic E-state index is 14.7. The maximum Gasteiger partial charge on any atom is 0.194 e. The molecule has 1 atom stereocenters. The number of benzene rings is 1. The van der Waals surface area contributed by atoms with Crippen LogP contribution in [0.2, 0.25) is 0 Å². The molecule has 4 rings (SSSR count). The minimum atomic E-state index is -0.810. The lowest BCUT2D eigenvalue weighted by atomic mass is 10.2. The number of fused-ring (bicyclic) bond motifs is 1. The number of aromatic nitrogens is 2. The van der Waals surface area contributed by atoms with Gasteiger partial charge in [0.15, 0.2) is 22.7 Å². The second-order valence-corrected chi connectivity index (χ2v) is 6.77. The summed E-state index contributed by atoms with van der Waals surface area (Å²) in [6.07, 6.45) is 2.12. The highest BCUT2D eigenvalue weighted by molar-refractivity contribution is 5.80. The quantitative estimate of drug-likeness (QED) is 0.749. The third kappa shape index (κ3) is 2.95. The molecule has 0 saturated carbocycles. The van der Waals surface area contributed by atoms with Gasteiger partial charge in [0, 0.05) is 37.0 Å². The second-order valence-electron chi connectivity index (χ2n) is 6.77. The van der Waals surface area contributed by atoms with E-state index in [1.54, 1.807) is 11.8 Å². The first-order valence-corrected chi connectivity index (χ1v) is 8.53. The van der Waals surface area contributed by atoms with Gasteiger partial charge in [0.1, 0.15) is 11.6 Å². The first kappa shape index (κ1) is 17.5. The molecule has 1 fully saturated rings. The molecule has 1 saturated heterocycles. The smallest absolute Gasteiger partial charge is 0.194 e. The Bertz CT molecular complexity index is 1110. The molecular weight excluding hydrogens is 357 g/mol. The lowest BCUT2D eigenvalue weighted by Gasteiger charge is -2.20. The molecule has 0 amide bonds. The SMILES string of the molecule is Cc1cn(-c2ccc(F)cc2F)c2nc(N3CC[C@H](N)C3)c(F)cc2c1=O. The maximum absolute atomic E-state index is 14.7. The molecule has 5 nitrogen and oxygen atoms in total. The molecule has 2 N–H and O–H groups in total. The van der Waals surface area contributed by atoms with Crippen LogP contribution in [0.15, 0.2) is 35.3 Å². The van der Waals surface area contributed by atoms with Gasteiger partial charge in [-0.05, 0) is 31.5 Å². The first-order valence-electron chi connectivity index (χ1n) is 8.53. The van der Waals surface area contributed by atoms with Crippen LogP contribution in [0.4, 0.5) is 19.0 Å². The zero-order valence-corrected chi connectivity index (χ0v) is 14.5. The number of rotatable bonds is 2. The number of nitrogens with two attached hydrogens (primary N) is 1. The number of pyridine rings is 2. The molecule has 8 heteroatoms. The Morgan fingerprint density at radius 3 is 2.63 bits per heavy atom. The molecule has 27 heavy (non-hydrogen) atoms. The van der Waals surface area contributed by atoms with Crippen LogP contribution >= 0.6 is 0 Å². The van der Waals surface area contributed by atoms with E-state index in [1.165, 1.54) is 16.8 Å². The number of anilines is 1. The Hall–Kier alpha value is -2.87. The van der Waals surface area contributed by atoms with Gasteiger partial charge < -0.3 is 10.6 Å². The molecule has 140 valence electrons. The fraction of sp³-hybridized carbons (Fsp3) is 0.263. The molecule has 0 bridgehead atoms. The first-order chi connectivity index (χ1) is 12.8. The third-order valence-electron chi connectivity index (χ3n) is 4.78. The van der Waals surface area contributed by atoms with Crippen LogP contribution in [0, 0.1) is 24.4 Å². The highest BCUT2D eigenvalue weighted by Crippen LogP contribution is 2.26. The molecule has 0 aliphatic carbocycles. The minimum Gasteiger partial charge on any atom is -0.353 e. The van der Waals surface area contributed by atoms with Crippen molar-refractivity contribution in [2.24, 2.45) is 5.73 Å². The zero-order chi connectivity index (χ0) is 19.3. The van der Waals surface area contributed by atoms with Crippen LogP contribution in [0.5, 0.6) is 0 Å². The summed E-state index contributed by atoms with van der Waals surface area (Å²) in [6.45, 7) is 2.53. The van der Waals surface area contributed by atoms with Crippen LogP contribution in [-0.4, -0.2) is 28.7 Å². The monoisotopic (exact) mass is 374 g/mol.